The van der Waals surface area contributed by atoms with Gasteiger partial charge in [-0.15, -0.1) is 0 Å². The third kappa shape index (κ3) is 4.84. The molecule has 5 heteroatoms. The lowest BCUT2D eigenvalue weighted by Gasteiger charge is -2.18. The third-order valence-corrected chi connectivity index (χ3v) is 3.58. The fourth-order valence-electron chi connectivity index (χ4n) is 2.27. The first-order valence-electron chi connectivity index (χ1n) is 7.75. The second-order valence-electron chi connectivity index (χ2n) is 6.98. The standard InChI is InChI=1S/C17H25N3O2/c1-17(2,3)11-19-15(21)12-4-6-13(7-5-12)16(22)20-14-8-9-18-10-14/h4-7,14,18H,8-11H2,1-3H3,(H,19,21)(H,20,22). The number of benzene rings is 1. The van der Waals surface area contributed by atoms with Gasteiger partial charge < -0.3 is 16.0 Å². The zero-order valence-electron chi connectivity index (χ0n) is 13.5. The van der Waals surface area contributed by atoms with Gasteiger partial charge in [-0.25, -0.2) is 0 Å². The zero-order chi connectivity index (χ0) is 16.2. The van der Waals surface area contributed by atoms with Gasteiger partial charge in [-0.3, -0.25) is 9.59 Å². The van der Waals surface area contributed by atoms with Gasteiger partial charge in [0.2, 0.25) is 0 Å². The van der Waals surface area contributed by atoms with Crippen molar-refractivity contribution in [3.05, 3.63) is 35.4 Å². The van der Waals surface area contributed by atoms with Gasteiger partial charge in [0.1, 0.15) is 0 Å². The third-order valence-electron chi connectivity index (χ3n) is 3.58. The van der Waals surface area contributed by atoms with Crippen molar-refractivity contribution >= 4 is 11.8 Å². The van der Waals surface area contributed by atoms with Crippen LogP contribution in [0.5, 0.6) is 0 Å². The summed E-state index contributed by atoms with van der Waals surface area (Å²) in [6.07, 6.45) is 0.957. The maximum Gasteiger partial charge on any atom is 0.251 e. The van der Waals surface area contributed by atoms with Crippen molar-refractivity contribution < 1.29 is 9.59 Å². The van der Waals surface area contributed by atoms with Crippen molar-refractivity contribution in [1.82, 2.24) is 16.0 Å². The number of amides is 2. The molecule has 1 aromatic rings. The Labute approximate surface area is 131 Å². The molecule has 0 aliphatic carbocycles. The molecule has 0 radical (unpaired) electrons. The van der Waals surface area contributed by atoms with E-state index in [1.165, 1.54) is 0 Å². The molecule has 2 rings (SSSR count). The minimum absolute atomic E-state index is 0.0464. The Bertz CT molecular complexity index is 526. The molecule has 120 valence electrons. The monoisotopic (exact) mass is 303 g/mol. The Morgan fingerprint density at radius 2 is 1.73 bits per heavy atom. The zero-order valence-corrected chi connectivity index (χ0v) is 13.5. The fourth-order valence-corrected chi connectivity index (χ4v) is 2.27. The maximum absolute atomic E-state index is 12.1. The average Bonchev–Trinajstić information content (AvgIpc) is 2.97. The van der Waals surface area contributed by atoms with E-state index >= 15 is 0 Å². The molecule has 2 amide bonds. The van der Waals surface area contributed by atoms with Crippen LogP contribution in [0.2, 0.25) is 0 Å². The van der Waals surface area contributed by atoms with Crippen LogP contribution in [-0.4, -0.2) is 37.5 Å². The average molecular weight is 303 g/mol. The van der Waals surface area contributed by atoms with Gasteiger partial charge in [0.05, 0.1) is 0 Å². The highest BCUT2D eigenvalue weighted by Crippen LogP contribution is 2.11. The van der Waals surface area contributed by atoms with Gasteiger partial charge in [-0.1, -0.05) is 20.8 Å². The molecule has 3 N–H and O–H groups in total. The molecular formula is C17H25N3O2. The van der Waals surface area contributed by atoms with Gasteiger partial charge in [0.15, 0.2) is 0 Å². The highest BCUT2D eigenvalue weighted by Gasteiger charge is 2.18. The quantitative estimate of drug-likeness (QED) is 0.790. The van der Waals surface area contributed by atoms with E-state index in [1.807, 2.05) is 0 Å². The van der Waals surface area contributed by atoms with E-state index in [-0.39, 0.29) is 23.3 Å². The molecule has 1 atom stereocenters. The summed E-state index contributed by atoms with van der Waals surface area (Å²) >= 11 is 0. The van der Waals surface area contributed by atoms with Crippen molar-refractivity contribution in [2.45, 2.75) is 33.2 Å². The van der Waals surface area contributed by atoms with E-state index < -0.39 is 0 Å². The Hall–Kier alpha value is -1.88. The van der Waals surface area contributed by atoms with E-state index in [1.54, 1.807) is 24.3 Å². The Morgan fingerprint density at radius 3 is 2.23 bits per heavy atom. The van der Waals surface area contributed by atoms with E-state index in [0.29, 0.717) is 17.7 Å². The van der Waals surface area contributed by atoms with E-state index in [9.17, 15) is 9.59 Å². The highest BCUT2D eigenvalue weighted by molar-refractivity contribution is 5.97. The summed E-state index contributed by atoms with van der Waals surface area (Å²) in [5.41, 5.74) is 1.20. The van der Waals surface area contributed by atoms with Crippen LogP contribution in [0, 0.1) is 5.41 Å². The van der Waals surface area contributed by atoms with Crippen molar-refractivity contribution in [1.29, 1.82) is 0 Å². The molecule has 1 aliphatic rings. The lowest BCUT2D eigenvalue weighted by Crippen LogP contribution is -2.36. The summed E-state index contributed by atoms with van der Waals surface area (Å²) in [6, 6.07) is 6.98. The molecule has 0 bridgehead atoms. The van der Waals surface area contributed by atoms with E-state index in [4.69, 9.17) is 0 Å². The largest absolute Gasteiger partial charge is 0.352 e. The minimum Gasteiger partial charge on any atom is -0.352 e. The Morgan fingerprint density at radius 1 is 1.14 bits per heavy atom. The molecular weight excluding hydrogens is 278 g/mol. The first-order chi connectivity index (χ1) is 10.3. The topological polar surface area (TPSA) is 70.2 Å². The van der Waals surface area contributed by atoms with E-state index in [0.717, 1.165) is 19.5 Å². The molecule has 22 heavy (non-hydrogen) atoms. The number of nitrogens with one attached hydrogen (secondary N) is 3. The maximum atomic E-state index is 12.1. The molecule has 1 heterocycles. The minimum atomic E-state index is -0.109. The van der Waals surface area contributed by atoms with Crippen molar-refractivity contribution in [2.75, 3.05) is 19.6 Å². The molecule has 0 spiro atoms. The Kier molecular flexibility index (Phi) is 5.19. The number of hydrogen-bond acceptors (Lipinski definition) is 3. The first-order valence-corrected chi connectivity index (χ1v) is 7.75. The summed E-state index contributed by atoms with van der Waals surface area (Å²) in [5.74, 6) is -0.197. The molecule has 1 aromatic carbocycles. The summed E-state index contributed by atoms with van der Waals surface area (Å²) in [4.78, 5) is 24.1. The van der Waals surface area contributed by atoms with Crippen LogP contribution in [-0.2, 0) is 0 Å². The normalized spacial score (nSPS) is 18.0. The molecule has 0 aromatic heterocycles. The molecule has 1 saturated heterocycles. The molecule has 0 saturated carbocycles. The summed E-state index contributed by atoms with van der Waals surface area (Å²) in [7, 11) is 0. The summed E-state index contributed by atoms with van der Waals surface area (Å²) in [6.45, 7) is 8.58. The van der Waals surface area contributed by atoms with Crippen molar-refractivity contribution in [3.63, 3.8) is 0 Å². The van der Waals surface area contributed by atoms with Crippen LogP contribution in [0.15, 0.2) is 24.3 Å². The van der Waals surface area contributed by atoms with Gasteiger partial charge in [0.25, 0.3) is 11.8 Å². The predicted octanol–water partition coefficient (Wildman–Crippen LogP) is 1.55. The van der Waals surface area contributed by atoms with Crippen LogP contribution in [0.3, 0.4) is 0 Å². The van der Waals surface area contributed by atoms with Gasteiger partial charge in [-0.05, 0) is 42.6 Å². The van der Waals surface area contributed by atoms with Crippen molar-refractivity contribution in [2.24, 2.45) is 5.41 Å². The van der Waals surface area contributed by atoms with Crippen molar-refractivity contribution in [3.8, 4) is 0 Å². The highest BCUT2D eigenvalue weighted by atomic mass is 16.2. The second-order valence-corrected chi connectivity index (χ2v) is 6.98. The predicted molar refractivity (Wildman–Crippen MR) is 87.0 cm³/mol. The number of carbonyl (C=O) groups is 2. The molecule has 1 aliphatic heterocycles. The smallest absolute Gasteiger partial charge is 0.251 e. The molecule has 5 nitrogen and oxygen atoms in total. The molecule has 1 unspecified atom stereocenters. The van der Waals surface area contributed by atoms with Gasteiger partial charge in [0, 0.05) is 30.3 Å². The number of hydrogen-bond donors (Lipinski definition) is 3. The van der Waals surface area contributed by atoms with Crippen LogP contribution < -0.4 is 16.0 Å². The first kappa shape index (κ1) is 16.5. The Balaban J connectivity index is 1.91. The summed E-state index contributed by atoms with van der Waals surface area (Å²) < 4.78 is 0. The fraction of sp³-hybridized carbons (Fsp3) is 0.529. The van der Waals surface area contributed by atoms with E-state index in [2.05, 4.69) is 36.7 Å². The van der Waals surface area contributed by atoms with Crippen LogP contribution in [0.1, 0.15) is 47.9 Å². The van der Waals surface area contributed by atoms with Crippen LogP contribution in [0.25, 0.3) is 0 Å². The second kappa shape index (κ2) is 6.92. The van der Waals surface area contributed by atoms with Gasteiger partial charge >= 0.3 is 0 Å². The van der Waals surface area contributed by atoms with Crippen LogP contribution in [0.4, 0.5) is 0 Å². The lowest BCUT2D eigenvalue weighted by atomic mass is 9.97. The molecule has 1 fully saturated rings. The SMILES string of the molecule is CC(C)(C)CNC(=O)c1ccc(C(=O)NC2CCNC2)cc1. The van der Waals surface area contributed by atoms with Crippen LogP contribution >= 0.6 is 0 Å². The summed E-state index contributed by atoms with van der Waals surface area (Å²) in [5, 5.41) is 9.10. The number of rotatable bonds is 4. The lowest BCUT2D eigenvalue weighted by molar-refractivity contribution is 0.0928. The number of carbonyl (C=O) groups excluding carboxylic acids is 2. The van der Waals surface area contributed by atoms with Gasteiger partial charge in [-0.2, -0.15) is 0 Å².